The van der Waals surface area contributed by atoms with Crippen molar-refractivity contribution < 1.29 is 59.1 Å². The SMILES string of the molecule is CC(=O)C(=O)O.O=C(O)C(=O)CC(O)(Cc1c[nH]c2ccccc12)C(=O)O.O=C(O)C(=O)Cc1c[nH]c2ccccc12. The first-order chi connectivity index (χ1) is 19.7. The summed E-state index contributed by atoms with van der Waals surface area (Å²) in [5.74, 6) is -9.14. The zero-order chi connectivity index (χ0) is 31.6. The number of carboxylic acids is 4. The van der Waals surface area contributed by atoms with Crippen LogP contribution in [-0.2, 0) is 46.4 Å². The lowest BCUT2D eigenvalue weighted by Crippen LogP contribution is -2.44. The summed E-state index contributed by atoms with van der Waals surface area (Å²) in [6.45, 7) is 1.00. The Morgan fingerprint density at radius 3 is 1.52 bits per heavy atom. The van der Waals surface area contributed by atoms with Gasteiger partial charge in [-0.15, -0.1) is 0 Å². The van der Waals surface area contributed by atoms with Gasteiger partial charge >= 0.3 is 23.9 Å². The molecule has 4 rings (SSSR count). The number of carbonyl (C=O) groups is 7. The first-order valence-electron chi connectivity index (χ1n) is 12.0. The standard InChI is InChI=1S/C14H13NO6.C11H9NO3.C3H4O3/c16-11(12(17)18)6-14(21,13(19)20)5-8-7-15-10-4-2-1-3-9(8)10;13-10(11(14)15)5-7-6-12-9-4-2-1-3-8(7)9;1-2(4)3(5)6/h1-4,7,15,21H,5-6H2,(H,17,18)(H,19,20);1-4,6,12H,5H2,(H,14,15);1H3,(H,5,6). The van der Waals surface area contributed by atoms with Crippen LogP contribution in [0.15, 0.2) is 60.9 Å². The fourth-order valence-corrected chi connectivity index (χ4v) is 3.67. The second-order valence-corrected chi connectivity index (χ2v) is 8.90. The molecule has 0 aliphatic rings. The minimum absolute atomic E-state index is 0.0701. The van der Waals surface area contributed by atoms with Crippen LogP contribution in [0.4, 0.5) is 0 Å². The number of aliphatic hydroxyl groups is 1. The van der Waals surface area contributed by atoms with Crippen molar-refractivity contribution >= 4 is 63.0 Å². The van der Waals surface area contributed by atoms with Crippen LogP contribution in [0, 0.1) is 0 Å². The number of rotatable bonds is 10. The number of nitrogens with one attached hydrogen (secondary N) is 2. The number of aromatic amines is 2. The molecule has 0 aliphatic carbocycles. The molecule has 4 aromatic rings. The Morgan fingerprint density at radius 2 is 1.10 bits per heavy atom. The number of fused-ring (bicyclic) bond motifs is 2. The number of carboxylic acid groups (broad SMARTS) is 4. The lowest BCUT2D eigenvalue weighted by atomic mass is 9.89. The molecule has 2 aromatic carbocycles. The fraction of sp³-hybridized carbons (Fsp3) is 0.179. The Hall–Kier alpha value is -5.63. The van der Waals surface area contributed by atoms with Crippen molar-refractivity contribution in [2.45, 2.75) is 31.8 Å². The molecule has 0 bridgehead atoms. The predicted octanol–water partition coefficient (Wildman–Crippen LogP) is 1.59. The zero-order valence-corrected chi connectivity index (χ0v) is 22.0. The van der Waals surface area contributed by atoms with Gasteiger partial charge in [-0.1, -0.05) is 36.4 Å². The van der Waals surface area contributed by atoms with Crippen LogP contribution in [0.5, 0.6) is 0 Å². The third-order valence-corrected chi connectivity index (χ3v) is 5.81. The van der Waals surface area contributed by atoms with E-state index in [1.807, 2.05) is 24.3 Å². The molecule has 220 valence electrons. The first kappa shape index (κ1) is 32.6. The summed E-state index contributed by atoms with van der Waals surface area (Å²) in [7, 11) is 0. The number of hydrogen-bond donors (Lipinski definition) is 7. The van der Waals surface area contributed by atoms with Crippen LogP contribution < -0.4 is 0 Å². The number of para-hydroxylation sites is 2. The van der Waals surface area contributed by atoms with Crippen molar-refractivity contribution in [3.8, 4) is 0 Å². The maximum absolute atomic E-state index is 11.2. The molecular formula is C28H26N2O12. The van der Waals surface area contributed by atoms with Gasteiger partial charge in [-0.2, -0.15) is 0 Å². The Kier molecular flexibility index (Phi) is 11.0. The Morgan fingerprint density at radius 1 is 0.667 bits per heavy atom. The average molecular weight is 583 g/mol. The van der Waals surface area contributed by atoms with Gasteiger partial charge in [0.15, 0.2) is 5.60 Å². The van der Waals surface area contributed by atoms with E-state index < -0.39 is 53.2 Å². The molecule has 7 N–H and O–H groups in total. The van der Waals surface area contributed by atoms with Crippen molar-refractivity contribution in [2.75, 3.05) is 0 Å². The maximum Gasteiger partial charge on any atom is 0.372 e. The van der Waals surface area contributed by atoms with Crippen LogP contribution in [0.1, 0.15) is 24.5 Å². The maximum atomic E-state index is 11.2. The van der Waals surface area contributed by atoms with E-state index in [0.29, 0.717) is 10.9 Å². The third-order valence-electron chi connectivity index (χ3n) is 5.81. The second-order valence-electron chi connectivity index (χ2n) is 8.90. The molecule has 2 aromatic heterocycles. The minimum atomic E-state index is -2.46. The van der Waals surface area contributed by atoms with Crippen LogP contribution in [0.3, 0.4) is 0 Å². The quantitative estimate of drug-likeness (QED) is 0.132. The van der Waals surface area contributed by atoms with Gasteiger partial charge in [0.25, 0.3) is 0 Å². The van der Waals surface area contributed by atoms with Gasteiger partial charge in [-0.25, -0.2) is 19.2 Å². The largest absolute Gasteiger partial charge is 0.479 e. The Bertz CT molecular complexity index is 1650. The second kappa shape index (κ2) is 14.1. The molecule has 1 unspecified atom stereocenters. The fourth-order valence-electron chi connectivity index (χ4n) is 3.67. The number of aliphatic carboxylic acids is 4. The molecule has 0 spiro atoms. The lowest BCUT2D eigenvalue weighted by Gasteiger charge is -2.21. The summed E-state index contributed by atoms with van der Waals surface area (Å²) in [6, 6.07) is 14.5. The topological polar surface area (TPSA) is 252 Å². The summed E-state index contributed by atoms with van der Waals surface area (Å²) < 4.78 is 0. The zero-order valence-electron chi connectivity index (χ0n) is 22.0. The molecule has 14 heteroatoms. The third kappa shape index (κ3) is 8.69. The first-order valence-corrected chi connectivity index (χ1v) is 12.0. The molecule has 0 radical (unpaired) electrons. The van der Waals surface area contributed by atoms with E-state index in [0.717, 1.165) is 28.9 Å². The number of aromatic nitrogens is 2. The van der Waals surface area contributed by atoms with Gasteiger partial charge in [0.2, 0.25) is 17.3 Å². The van der Waals surface area contributed by atoms with Gasteiger partial charge in [0.1, 0.15) is 0 Å². The molecule has 1 atom stereocenters. The van der Waals surface area contributed by atoms with Crippen LogP contribution in [0.2, 0.25) is 0 Å². The van der Waals surface area contributed by atoms with E-state index >= 15 is 0 Å². The van der Waals surface area contributed by atoms with Gasteiger partial charge in [-0.05, 0) is 23.3 Å². The van der Waals surface area contributed by atoms with Crippen molar-refractivity contribution in [1.82, 2.24) is 9.97 Å². The molecule has 0 fully saturated rings. The summed E-state index contributed by atoms with van der Waals surface area (Å²) in [6.07, 6.45) is 1.78. The molecule has 14 nitrogen and oxygen atoms in total. The van der Waals surface area contributed by atoms with Gasteiger partial charge in [0, 0.05) is 54.0 Å². The normalized spacial score (nSPS) is 11.7. The molecule has 0 amide bonds. The monoisotopic (exact) mass is 582 g/mol. The van der Waals surface area contributed by atoms with Gasteiger partial charge in [-0.3, -0.25) is 14.4 Å². The highest BCUT2D eigenvalue weighted by atomic mass is 16.4. The smallest absolute Gasteiger partial charge is 0.372 e. The number of carbonyl (C=O) groups excluding carboxylic acids is 3. The summed E-state index contributed by atoms with van der Waals surface area (Å²) in [4.78, 5) is 79.3. The van der Waals surface area contributed by atoms with Crippen LogP contribution in [0.25, 0.3) is 21.8 Å². The summed E-state index contributed by atoms with van der Waals surface area (Å²) >= 11 is 0. The highest BCUT2D eigenvalue weighted by Crippen LogP contribution is 2.25. The summed E-state index contributed by atoms with van der Waals surface area (Å²) in [5.41, 5.74) is 0.419. The minimum Gasteiger partial charge on any atom is -0.479 e. The van der Waals surface area contributed by atoms with E-state index in [-0.39, 0.29) is 12.8 Å². The van der Waals surface area contributed by atoms with E-state index in [9.17, 15) is 38.7 Å². The average Bonchev–Trinajstić information content (AvgIpc) is 3.53. The van der Waals surface area contributed by atoms with E-state index in [1.54, 1.807) is 30.5 Å². The number of Topliss-reactive ketones (excluding diaryl/α,β-unsaturated/α-hetero) is 3. The number of hydrogen-bond acceptors (Lipinski definition) is 8. The van der Waals surface area contributed by atoms with Crippen molar-refractivity contribution in [3.05, 3.63) is 72.1 Å². The van der Waals surface area contributed by atoms with E-state index in [2.05, 4.69) is 9.97 Å². The molecule has 0 aliphatic heterocycles. The van der Waals surface area contributed by atoms with Crippen LogP contribution in [-0.4, -0.2) is 82.3 Å². The summed E-state index contributed by atoms with van der Waals surface area (Å²) in [5, 5.41) is 45.6. The molecule has 42 heavy (non-hydrogen) atoms. The highest BCUT2D eigenvalue weighted by Gasteiger charge is 2.40. The molecule has 2 heterocycles. The van der Waals surface area contributed by atoms with Gasteiger partial charge in [0.05, 0.1) is 6.42 Å². The molecule has 0 saturated carbocycles. The number of H-pyrrole nitrogens is 2. The molecule has 0 saturated heterocycles. The Labute approximate surface area is 236 Å². The van der Waals surface area contributed by atoms with Crippen LogP contribution >= 0.6 is 0 Å². The predicted molar refractivity (Wildman–Crippen MR) is 145 cm³/mol. The van der Waals surface area contributed by atoms with E-state index in [1.165, 1.54) is 6.20 Å². The number of ketones is 3. The number of benzene rings is 2. The van der Waals surface area contributed by atoms with Crippen molar-refractivity contribution in [3.63, 3.8) is 0 Å². The Balaban J connectivity index is 0.000000255. The lowest BCUT2D eigenvalue weighted by molar-refractivity contribution is -0.163. The molecular weight excluding hydrogens is 556 g/mol. The van der Waals surface area contributed by atoms with Crippen molar-refractivity contribution in [1.29, 1.82) is 0 Å². The highest BCUT2D eigenvalue weighted by molar-refractivity contribution is 6.34. The van der Waals surface area contributed by atoms with Crippen molar-refractivity contribution in [2.24, 2.45) is 0 Å². The van der Waals surface area contributed by atoms with E-state index in [4.69, 9.17) is 20.4 Å². The van der Waals surface area contributed by atoms with Gasteiger partial charge < -0.3 is 35.5 Å².